The van der Waals surface area contributed by atoms with Gasteiger partial charge in [0.15, 0.2) is 0 Å². The van der Waals surface area contributed by atoms with Gasteiger partial charge in [0.2, 0.25) is 11.8 Å². The fourth-order valence-electron chi connectivity index (χ4n) is 4.49. The van der Waals surface area contributed by atoms with Crippen molar-refractivity contribution >= 4 is 27.5 Å². The van der Waals surface area contributed by atoms with Crippen LogP contribution in [0.15, 0.2) is 77.7 Å². The van der Waals surface area contributed by atoms with Gasteiger partial charge in [-0.3, -0.25) is 13.9 Å². The van der Waals surface area contributed by atoms with Gasteiger partial charge in [0, 0.05) is 12.6 Å². The van der Waals surface area contributed by atoms with Crippen molar-refractivity contribution in [2.45, 2.75) is 77.9 Å². The highest BCUT2D eigenvalue weighted by molar-refractivity contribution is 7.92. The molecule has 0 bridgehead atoms. The fourth-order valence-corrected chi connectivity index (χ4v) is 5.91. The highest BCUT2D eigenvalue weighted by atomic mass is 32.2. The summed E-state index contributed by atoms with van der Waals surface area (Å²) in [4.78, 5) is 29.1. The zero-order chi connectivity index (χ0) is 30.9. The molecule has 3 aromatic carbocycles. The summed E-state index contributed by atoms with van der Waals surface area (Å²) in [5.74, 6) is -0.151. The minimum atomic E-state index is -4.13. The number of rotatable bonds is 14. The molecule has 1 N–H and O–H groups in total. The summed E-state index contributed by atoms with van der Waals surface area (Å²) in [6.07, 6.45) is 1.11. The van der Waals surface area contributed by atoms with Gasteiger partial charge in [-0.15, -0.1) is 0 Å². The van der Waals surface area contributed by atoms with Crippen molar-refractivity contribution in [2.75, 3.05) is 17.5 Å². The lowest BCUT2D eigenvalue weighted by Crippen LogP contribution is -2.53. The third kappa shape index (κ3) is 8.35. The Balaban J connectivity index is 2.05. The van der Waals surface area contributed by atoms with Crippen LogP contribution in [0.3, 0.4) is 0 Å². The third-order valence-corrected chi connectivity index (χ3v) is 8.97. The largest absolute Gasteiger partial charge is 0.494 e. The molecule has 42 heavy (non-hydrogen) atoms. The van der Waals surface area contributed by atoms with Crippen LogP contribution in [0.2, 0.25) is 0 Å². The molecule has 0 fully saturated rings. The number of sulfonamides is 1. The molecular formula is C33H43N3O5S. The number of hydrogen-bond donors (Lipinski definition) is 1. The number of aryl methyl sites for hydroxylation is 2. The number of nitrogens with one attached hydrogen (secondary N) is 1. The Morgan fingerprint density at radius 2 is 1.40 bits per heavy atom. The van der Waals surface area contributed by atoms with Crippen molar-refractivity contribution < 1.29 is 22.7 Å². The van der Waals surface area contributed by atoms with Gasteiger partial charge in [-0.2, -0.15) is 0 Å². The van der Waals surface area contributed by atoms with Crippen LogP contribution in [0.5, 0.6) is 5.75 Å². The number of anilines is 1. The second-order valence-corrected chi connectivity index (χ2v) is 12.4. The van der Waals surface area contributed by atoms with E-state index in [0.717, 1.165) is 27.4 Å². The Morgan fingerprint density at radius 3 is 1.93 bits per heavy atom. The van der Waals surface area contributed by atoms with Gasteiger partial charge >= 0.3 is 0 Å². The van der Waals surface area contributed by atoms with Crippen molar-refractivity contribution in [1.29, 1.82) is 0 Å². The minimum Gasteiger partial charge on any atom is -0.494 e. The fraction of sp³-hybridized carbons (Fsp3) is 0.394. The van der Waals surface area contributed by atoms with E-state index in [9.17, 15) is 18.0 Å². The van der Waals surface area contributed by atoms with E-state index in [4.69, 9.17) is 4.74 Å². The van der Waals surface area contributed by atoms with Gasteiger partial charge in [-0.25, -0.2) is 8.42 Å². The lowest BCUT2D eigenvalue weighted by Gasteiger charge is -2.33. The van der Waals surface area contributed by atoms with Gasteiger partial charge < -0.3 is 15.0 Å². The molecule has 0 radical (unpaired) electrons. The molecule has 0 aromatic heterocycles. The van der Waals surface area contributed by atoms with Gasteiger partial charge in [-0.1, -0.05) is 61.4 Å². The maximum Gasteiger partial charge on any atom is 0.264 e. The topological polar surface area (TPSA) is 96.0 Å². The van der Waals surface area contributed by atoms with Crippen molar-refractivity contribution in [1.82, 2.24) is 10.2 Å². The van der Waals surface area contributed by atoms with E-state index in [1.54, 1.807) is 36.4 Å². The Kier molecular flexibility index (Phi) is 11.6. The summed E-state index contributed by atoms with van der Waals surface area (Å²) in [6.45, 7) is 11.6. The van der Waals surface area contributed by atoms with E-state index >= 15 is 0 Å². The molecule has 0 aliphatic rings. The highest BCUT2D eigenvalue weighted by Crippen LogP contribution is 2.27. The average Bonchev–Trinajstić information content (AvgIpc) is 2.97. The first kappa shape index (κ1) is 32.7. The average molecular weight is 594 g/mol. The van der Waals surface area contributed by atoms with Gasteiger partial charge in [0.1, 0.15) is 18.3 Å². The zero-order valence-electron chi connectivity index (χ0n) is 25.5. The van der Waals surface area contributed by atoms with Crippen LogP contribution < -0.4 is 14.4 Å². The number of nitrogens with zero attached hydrogens (tertiary/aromatic N) is 2. The van der Waals surface area contributed by atoms with E-state index < -0.39 is 28.5 Å². The quantitative estimate of drug-likeness (QED) is 0.262. The maximum atomic E-state index is 14.2. The number of hydrogen-bond acceptors (Lipinski definition) is 5. The summed E-state index contributed by atoms with van der Waals surface area (Å²) in [5.41, 5.74) is 3.15. The van der Waals surface area contributed by atoms with E-state index in [1.165, 1.54) is 17.0 Å². The zero-order valence-corrected chi connectivity index (χ0v) is 26.3. The van der Waals surface area contributed by atoms with Crippen LogP contribution in [0.4, 0.5) is 5.69 Å². The Labute approximate surface area is 250 Å². The first-order chi connectivity index (χ1) is 20.0. The first-order valence-electron chi connectivity index (χ1n) is 14.5. The van der Waals surface area contributed by atoms with E-state index in [1.807, 2.05) is 65.8 Å². The molecule has 226 valence electrons. The van der Waals surface area contributed by atoms with Crippen molar-refractivity contribution in [3.05, 3.63) is 89.5 Å². The number of amides is 2. The molecule has 0 heterocycles. The number of carbonyl (C=O) groups is 2. The van der Waals surface area contributed by atoms with Crippen molar-refractivity contribution in [3.8, 4) is 5.75 Å². The molecule has 2 amide bonds. The molecule has 3 aromatic rings. The van der Waals surface area contributed by atoms with Gasteiger partial charge in [-0.05, 0) is 82.5 Å². The second-order valence-electron chi connectivity index (χ2n) is 10.5. The third-order valence-electron chi connectivity index (χ3n) is 7.18. The van der Waals surface area contributed by atoms with E-state index in [0.29, 0.717) is 24.5 Å². The molecule has 0 saturated carbocycles. The molecule has 3 rings (SSSR count). The molecule has 9 heteroatoms. The van der Waals surface area contributed by atoms with Crippen LogP contribution in [-0.2, 0) is 26.2 Å². The Hall–Kier alpha value is -3.85. The standard InChI is InChI=1S/C33H43N3O5S/c1-7-26(6)34-33(38)31(8-2)35(22-27-14-10-24(4)11-15-27)32(37)23-36(28-16-18-29(19-17-28)41-9-3)42(39,40)30-20-12-25(5)13-21-30/h10-21,26,31H,7-9,22-23H2,1-6H3,(H,34,38)/t26-,31-/m1/s1. The predicted molar refractivity (Wildman–Crippen MR) is 167 cm³/mol. The lowest BCUT2D eigenvalue weighted by atomic mass is 10.1. The van der Waals surface area contributed by atoms with Crippen molar-refractivity contribution in [2.24, 2.45) is 0 Å². The SMILES string of the molecule is CCOc1ccc(N(CC(=O)N(Cc2ccc(C)cc2)[C@H](CC)C(=O)N[C@H](C)CC)S(=O)(=O)c2ccc(C)cc2)cc1. The summed E-state index contributed by atoms with van der Waals surface area (Å²) in [6, 6.07) is 20.0. The smallest absolute Gasteiger partial charge is 0.264 e. The molecular weight excluding hydrogens is 550 g/mol. The maximum absolute atomic E-state index is 14.2. The molecule has 0 spiro atoms. The predicted octanol–water partition coefficient (Wildman–Crippen LogP) is 5.62. The summed E-state index contributed by atoms with van der Waals surface area (Å²) in [5, 5.41) is 3.00. The summed E-state index contributed by atoms with van der Waals surface area (Å²) >= 11 is 0. The van der Waals surface area contributed by atoms with Crippen LogP contribution in [0, 0.1) is 13.8 Å². The van der Waals surface area contributed by atoms with Crippen LogP contribution in [-0.4, -0.2) is 50.4 Å². The molecule has 0 aliphatic carbocycles. The lowest BCUT2D eigenvalue weighted by molar-refractivity contribution is -0.140. The normalized spacial score (nSPS) is 12.7. The highest BCUT2D eigenvalue weighted by Gasteiger charge is 2.34. The minimum absolute atomic E-state index is 0.0647. The molecule has 0 aliphatic heterocycles. The molecule has 0 saturated heterocycles. The number of benzene rings is 3. The second kappa shape index (κ2) is 14.9. The Bertz CT molecular complexity index is 1420. The monoisotopic (exact) mass is 593 g/mol. The van der Waals surface area contributed by atoms with Gasteiger partial charge in [0.25, 0.3) is 10.0 Å². The Morgan fingerprint density at radius 1 is 0.833 bits per heavy atom. The van der Waals surface area contributed by atoms with Crippen LogP contribution >= 0.6 is 0 Å². The number of ether oxygens (including phenoxy) is 1. The van der Waals surface area contributed by atoms with Crippen molar-refractivity contribution in [3.63, 3.8) is 0 Å². The van der Waals surface area contributed by atoms with Crippen LogP contribution in [0.25, 0.3) is 0 Å². The van der Waals surface area contributed by atoms with E-state index in [2.05, 4.69) is 5.32 Å². The van der Waals surface area contributed by atoms with Crippen LogP contribution in [0.1, 0.15) is 57.2 Å². The molecule has 0 unspecified atom stereocenters. The van der Waals surface area contributed by atoms with E-state index in [-0.39, 0.29) is 23.4 Å². The first-order valence-corrected chi connectivity index (χ1v) is 15.9. The number of carbonyl (C=O) groups excluding carboxylic acids is 2. The summed E-state index contributed by atoms with van der Waals surface area (Å²) in [7, 11) is -4.13. The molecule has 8 nitrogen and oxygen atoms in total. The van der Waals surface area contributed by atoms with Gasteiger partial charge in [0.05, 0.1) is 17.2 Å². The summed E-state index contributed by atoms with van der Waals surface area (Å²) < 4.78 is 34.7. The molecule has 2 atom stereocenters.